The summed E-state index contributed by atoms with van der Waals surface area (Å²) in [6.45, 7) is 0.633. The van der Waals surface area contributed by atoms with E-state index in [1.54, 1.807) is 13.2 Å². The Labute approximate surface area is 151 Å². The molecule has 0 heterocycles. The van der Waals surface area contributed by atoms with Crippen molar-refractivity contribution in [2.75, 3.05) is 7.11 Å². The first-order chi connectivity index (χ1) is 11.7. The van der Waals surface area contributed by atoms with Gasteiger partial charge in [-0.25, -0.2) is 0 Å². The quantitative estimate of drug-likeness (QED) is 0.676. The first kappa shape index (κ1) is 16.8. The van der Waals surface area contributed by atoms with Crippen molar-refractivity contribution in [2.45, 2.75) is 25.4 Å². The van der Waals surface area contributed by atoms with Crippen LogP contribution in [-0.4, -0.2) is 24.0 Å². The van der Waals surface area contributed by atoms with Gasteiger partial charge in [0.1, 0.15) is 5.75 Å². The van der Waals surface area contributed by atoms with Gasteiger partial charge >= 0.3 is 0 Å². The van der Waals surface area contributed by atoms with E-state index in [1.807, 2.05) is 59.5 Å². The van der Waals surface area contributed by atoms with Crippen LogP contribution in [0.1, 0.15) is 24.0 Å². The monoisotopic (exact) mass is 385 g/mol. The van der Waals surface area contributed by atoms with E-state index in [-0.39, 0.29) is 5.91 Å². The minimum absolute atomic E-state index is 0.0593. The summed E-state index contributed by atoms with van der Waals surface area (Å²) in [5, 5.41) is 0. The molecule has 0 spiro atoms. The Morgan fingerprint density at radius 3 is 2.54 bits per heavy atom. The molecule has 4 heteroatoms. The number of methoxy groups -OCH3 is 1. The third kappa shape index (κ3) is 4.26. The van der Waals surface area contributed by atoms with Crippen molar-refractivity contribution >= 4 is 27.9 Å². The molecule has 1 aliphatic carbocycles. The maximum atomic E-state index is 12.6. The molecular weight excluding hydrogens is 366 g/mol. The van der Waals surface area contributed by atoms with Gasteiger partial charge in [-0.3, -0.25) is 4.79 Å². The summed E-state index contributed by atoms with van der Waals surface area (Å²) in [4.78, 5) is 14.6. The molecule has 1 aliphatic rings. The molecule has 2 aromatic rings. The largest absolute Gasteiger partial charge is 0.497 e. The predicted molar refractivity (Wildman–Crippen MR) is 99.7 cm³/mol. The summed E-state index contributed by atoms with van der Waals surface area (Å²) in [7, 11) is 1.65. The fraction of sp³-hybridized carbons (Fsp3) is 0.250. The number of benzene rings is 2. The zero-order valence-electron chi connectivity index (χ0n) is 13.6. The second-order valence-corrected chi connectivity index (χ2v) is 6.75. The Bertz CT molecular complexity index is 736. The first-order valence-electron chi connectivity index (χ1n) is 8.03. The number of amides is 1. The number of hydrogen-bond acceptors (Lipinski definition) is 2. The van der Waals surface area contributed by atoms with Crippen LogP contribution in [0.3, 0.4) is 0 Å². The SMILES string of the molecule is COc1ccc(CN(C(=O)/C=C/c2ccccc2Br)C2CC2)cc1. The van der Waals surface area contributed by atoms with Crippen molar-refractivity contribution in [1.82, 2.24) is 4.90 Å². The Kier molecular flexibility index (Phi) is 5.36. The Balaban J connectivity index is 1.70. The molecule has 3 rings (SSSR count). The van der Waals surface area contributed by atoms with Crippen molar-refractivity contribution in [3.8, 4) is 5.75 Å². The van der Waals surface area contributed by atoms with Gasteiger partial charge in [-0.15, -0.1) is 0 Å². The van der Waals surface area contributed by atoms with Gasteiger partial charge in [-0.2, -0.15) is 0 Å². The number of carbonyl (C=O) groups excluding carboxylic acids is 1. The fourth-order valence-electron chi connectivity index (χ4n) is 2.57. The van der Waals surface area contributed by atoms with Gasteiger partial charge in [-0.05, 0) is 48.2 Å². The van der Waals surface area contributed by atoms with Crippen molar-refractivity contribution < 1.29 is 9.53 Å². The topological polar surface area (TPSA) is 29.5 Å². The van der Waals surface area contributed by atoms with E-state index >= 15 is 0 Å². The van der Waals surface area contributed by atoms with Crippen molar-refractivity contribution in [3.05, 3.63) is 70.2 Å². The molecule has 3 nitrogen and oxygen atoms in total. The average Bonchev–Trinajstić information content (AvgIpc) is 3.44. The number of hydrogen-bond donors (Lipinski definition) is 0. The van der Waals surface area contributed by atoms with E-state index in [4.69, 9.17) is 4.74 Å². The predicted octanol–water partition coefficient (Wildman–Crippen LogP) is 4.66. The van der Waals surface area contributed by atoms with E-state index in [9.17, 15) is 4.79 Å². The van der Waals surface area contributed by atoms with Crippen LogP contribution in [0.4, 0.5) is 0 Å². The lowest BCUT2D eigenvalue weighted by atomic mass is 10.2. The third-order valence-electron chi connectivity index (χ3n) is 4.09. The fourth-order valence-corrected chi connectivity index (χ4v) is 2.98. The standard InChI is InChI=1S/C20H20BrNO2/c1-24-18-11-6-15(7-12-18)14-22(17-9-10-17)20(23)13-8-16-4-2-3-5-19(16)21/h2-8,11-13,17H,9-10,14H2,1H3/b13-8+. The Morgan fingerprint density at radius 2 is 1.92 bits per heavy atom. The average molecular weight is 386 g/mol. The molecule has 0 atom stereocenters. The highest BCUT2D eigenvalue weighted by atomic mass is 79.9. The van der Waals surface area contributed by atoms with Crippen LogP contribution in [-0.2, 0) is 11.3 Å². The smallest absolute Gasteiger partial charge is 0.247 e. The molecule has 0 unspecified atom stereocenters. The number of nitrogens with zero attached hydrogens (tertiary/aromatic N) is 1. The van der Waals surface area contributed by atoms with E-state index in [1.165, 1.54) is 0 Å². The highest BCUT2D eigenvalue weighted by Gasteiger charge is 2.31. The number of halogens is 1. The molecule has 124 valence electrons. The van der Waals surface area contributed by atoms with Gasteiger partial charge in [0.25, 0.3) is 0 Å². The lowest BCUT2D eigenvalue weighted by Gasteiger charge is -2.21. The summed E-state index contributed by atoms with van der Waals surface area (Å²) in [5.41, 5.74) is 2.12. The molecule has 1 saturated carbocycles. The van der Waals surface area contributed by atoms with Crippen LogP contribution in [0.15, 0.2) is 59.1 Å². The van der Waals surface area contributed by atoms with Crippen LogP contribution in [0.2, 0.25) is 0 Å². The second kappa shape index (κ2) is 7.67. The molecule has 1 fully saturated rings. The minimum atomic E-state index is 0.0593. The molecule has 0 saturated heterocycles. The Hall–Kier alpha value is -2.07. The van der Waals surface area contributed by atoms with Gasteiger partial charge in [0.2, 0.25) is 5.91 Å². The maximum absolute atomic E-state index is 12.6. The van der Waals surface area contributed by atoms with Gasteiger partial charge in [0.15, 0.2) is 0 Å². The van der Waals surface area contributed by atoms with E-state index in [2.05, 4.69) is 15.9 Å². The van der Waals surface area contributed by atoms with Crippen LogP contribution < -0.4 is 4.74 Å². The summed E-state index contributed by atoms with van der Waals surface area (Å²) >= 11 is 3.50. The lowest BCUT2D eigenvalue weighted by Crippen LogP contribution is -2.31. The van der Waals surface area contributed by atoms with Crippen molar-refractivity contribution in [3.63, 3.8) is 0 Å². The summed E-state index contributed by atoms with van der Waals surface area (Å²) in [6.07, 6.45) is 5.72. The molecule has 24 heavy (non-hydrogen) atoms. The van der Waals surface area contributed by atoms with Crippen molar-refractivity contribution in [2.24, 2.45) is 0 Å². The number of rotatable bonds is 6. The van der Waals surface area contributed by atoms with Gasteiger partial charge in [0.05, 0.1) is 7.11 Å². The van der Waals surface area contributed by atoms with E-state index in [0.717, 1.165) is 34.2 Å². The zero-order chi connectivity index (χ0) is 16.9. The van der Waals surface area contributed by atoms with Crippen LogP contribution >= 0.6 is 15.9 Å². The van der Waals surface area contributed by atoms with Crippen LogP contribution in [0.5, 0.6) is 5.75 Å². The highest BCUT2D eigenvalue weighted by molar-refractivity contribution is 9.10. The Morgan fingerprint density at radius 1 is 1.21 bits per heavy atom. The van der Waals surface area contributed by atoms with Crippen LogP contribution in [0, 0.1) is 0 Å². The summed E-state index contributed by atoms with van der Waals surface area (Å²) in [5.74, 6) is 0.890. The van der Waals surface area contributed by atoms with Crippen molar-refractivity contribution in [1.29, 1.82) is 0 Å². The lowest BCUT2D eigenvalue weighted by molar-refractivity contribution is -0.127. The maximum Gasteiger partial charge on any atom is 0.247 e. The number of carbonyl (C=O) groups is 1. The molecule has 0 aliphatic heterocycles. The molecule has 1 amide bonds. The zero-order valence-corrected chi connectivity index (χ0v) is 15.2. The molecule has 2 aromatic carbocycles. The molecule has 0 bridgehead atoms. The van der Waals surface area contributed by atoms with Gasteiger partial charge in [-0.1, -0.05) is 46.3 Å². The van der Waals surface area contributed by atoms with E-state index < -0.39 is 0 Å². The van der Waals surface area contributed by atoms with E-state index in [0.29, 0.717) is 12.6 Å². The normalized spacial score (nSPS) is 13.9. The highest BCUT2D eigenvalue weighted by Crippen LogP contribution is 2.29. The number of ether oxygens (including phenoxy) is 1. The van der Waals surface area contributed by atoms with Crippen LogP contribution in [0.25, 0.3) is 6.08 Å². The molecule has 0 radical (unpaired) electrons. The molecule has 0 N–H and O–H groups in total. The minimum Gasteiger partial charge on any atom is -0.497 e. The second-order valence-electron chi connectivity index (χ2n) is 5.90. The molecule has 0 aromatic heterocycles. The van der Waals surface area contributed by atoms with Gasteiger partial charge in [0, 0.05) is 23.1 Å². The third-order valence-corrected chi connectivity index (χ3v) is 4.82. The first-order valence-corrected chi connectivity index (χ1v) is 8.83. The summed E-state index contributed by atoms with van der Waals surface area (Å²) in [6, 6.07) is 16.1. The van der Waals surface area contributed by atoms with Gasteiger partial charge < -0.3 is 9.64 Å². The summed E-state index contributed by atoms with van der Waals surface area (Å²) < 4.78 is 6.17. The molecular formula is C20H20BrNO2.